The van der Waals surface area contributed by atoms with Gasteiger partial charge in [-0.2, -0.15) is 0 Å². The molecule has 1 aliphatic heterocycles. The second-order valence-corrected chi connectivity index (χ2v) is 3.71. The van der Waals surface area contributed by atoms with Gasteiger partial charge in [-0.25, -0.2) is 0 Å². The molecular formula is C11H16N2O. The number of aromatic nitrogens is 1. The van der Waals surface area contributed by atoms with Crippen molar-refractivity contribution in [3.63, 3.8) is 0 Å². The molecule has 2 N–H and O–H groups in total. The molecule has 0 aromatic carbocycles. The van der Waals surface area contributed by atoms with Crippen molar-refractivity contribution in [3.05, 3.63) is 24.0 Å². The van der Waals surface area contributed by atoms with Crippen molar-refractivity contribution in [1.82, 2.24) is 4.98 Å². The van der Waals surface area contributed by atoms with Crippen LogP contribution in [0.3, 0.4) is 0 Å². The Morgan fingerprint density at radius 2 is 2.50 bits per heavy atom. The van der Waals surface area contributed by atoms with Gasteiger partial charge in [0.1, 0.15) is 5.75 Å². The van der Waals surface area contributed by atoms with Crippen molar-refractivity contribution in [3.8, 4) is 5.75 Å². The lowest BCUT2D eigenvalue weighted by atomic mass is 9.85. The molecule has 0 aliphatic carbocycles. The summed E-state index contributed by atoms with van der Waals surface area (Å²) in [6.45, 7) is 3.60. The molecule has 0 unspecified atom stereocenters. The number of hydrogen-bond donors (Lipinski definition) is 1. The summed E-state index contributed by atoms with van der Waals surface area (Å²) < 4.78 is 5.64. The summed E-state index contributed by atoms with van der Waals surface area (Å²) in [7, 11) is 0. The normalized spacial score (nSPS) is 25.3. The van der Waals surface area contributed by atoms with Gasteiger partial charge < -0.3 is 10.5 Å². The van der Waals surface area contributed by atoms with Crippen molar-refractivity contribution < 1.29 is 4.74 Å². The number of pyridine rings is 1. The highest BCUT2D eigenvalue weighted by Gasteiger charge is 2.29. The van der Waals surface area contributed by atoms with Crippen LogP contribution in [-0.4, -0.2) is 18.1 Å². The van der Waals surface area contributed by atoms with E-state index in [2.05, 4.69) is 11.9 Å². The van der Waals surface area contributed by atoms with Crippen LogP contribution >= 0.6 is 0 Å². The zero-order valence-corrected chi connectivity index (χ0v) is 8.44. The van der Waals surface area contributed by atoms with Gasteiger partial charge in [-0.1, -0.05) is 6.92 Å². The van der Waals surface area contributed by atoms with E-state index in [0.717, 1.165) is 24.5 Å². The minimum atomic E-state index is 0.366. The Morgan fingerprint density at radius 3 is 3.21 bits per heavy atom. The zero-order valence-electron chi connectivity index (χ0n) is 8.44. The summed E-state index contributed by atoms with van der Waals surface area (Å²) in [4.78, 5) is 4.36. The Hall–Kier alpha value is -1.09. The first-order valence-corrected chi connectivity index (χ1v) is 5.14. The van der Waals surface area contributed by atoms with Gasteiger partial charge in [-0.15, -0.1) is 0 Å². The van der Waals surface area contributed by atoms with Crippen LogP contribution in [0.2, 0.25) is 0 Å². The van der Waals surface area contributed by atoms with Gasteiger partial charge in [-0.3, -0.25) is 4.98 Å². The Bertz CT molecular complexity index is 314. The SMILES string of the molecule is CC[C@H]1COc2cccnc2[C@@H]1CN. The molecule has 2 heterocycles. The van der Waals surface area contributed by atoms with Crippen LogP contribution in [0.5, 0.6) is 5.75 Å². The van der Waals surface area contributed by atoms with Gasteiger partial charge >= 0.3 is 0 Å². The van der Waals surface area contributed by atoms with E-state index < -0.39 is 0 Å². The molecule has 14 heavy (non-hydrogen) atoms. The molecule has 0 amide bonds. The summed E-state index contributed by atoms with van der Waals surface area (Å²) in [5.74, 6) is 1.79. The van der Waals surface area contributed by atoms with Crippen molar-refractivity contribution in [2.75, 3.05) is 13.2 Å². The molecule has 0 spiro atoms. The summed E-state index contributed by atoms with van der Waals surface area (Å²) in [5.41, 5.74) is 6.82. The van der Waals surface area contributed by atoms with Gasteiger partial charge in [0.15, 0.2) is 0 Å². The third-order valence-electron chi connectivity index (χ3n) is 2.95. The molecule has 0 saturated carbocycles. The molecule has 2 rings (SSSR count). The van der Waals surface area contributed by atoms with E-state index >= 15 is 0 Å². The first kappa shape index (κ1) is 9.46. The fourth-order valence-corrected chi connectivity index (χ4v) is 2.05. The van der Waals surface area contributed by atoms with Crippen molar-refractivity contribution >= 4 is 0 Å². The Balaban J connectivity index is 2.34. The predicted molar refractivity (Wildman–Crippen MR) is 55.3 cm³/mol. The average molecular weight is 192 g/mol. The van der Waals surface area contributed by atoms with E-state index in [1.54, 1.807) is 0 Å². The molecule has 1 aromatic rings. The highest BCUT2D eigenvalue weighted by molar-refractivity contribution is 5.32. The highest BCUT2D eigenvalue weighted by atomic mass is 16.5. The van der Waals surface area contributed by atoms with E-state index in [4.69, 9.17) is 10.5 Å². The van der Waals surface area contributed by atoms with Crippen LogP contribution in [0, 0.1) is 5.92 Å². The summed E-state index contributed by atoms with van der Waals surface area (Å²) in [5, 5.41) is 0. The van der Waals surface area contributed by atoms with Crippen LogP contribution < -0.4 is 10.5 Å². The molecule has 2 atom stereocenters. The molecule has 3 heteroatoms. The van der Waals surface area contributed by atoms with E-state index in [0.29, 0.717) is 18.4 Å². The van der Waals surface area contributed by atoms with Gasteiger partial charge in [0.2, 0.25) is 0 Å². The molecular weight excluding hydrogens is 176 g/mol. The van der Waals surface area contributed by atoms with Gasteiger partial charge in [-0.05, 0) is 18.6 Å². The van der Waals surface area contributed by atoms with E-state index in [1.165, 1.54) is 0 Å². The third kappa shape index (κ3) is 1.48. The minimum absolute atomic E-state index is 0.366. The molecule has 0 saturated heterocycles. The zero-order chi connectivity index (χ0) is 9.97. The van der Waals surface area contributed by atoms with E-state index in [-0.39, 0.29) is 0 Å². The maximum Gasteiger partial charge on any atom is 0.141 e. The fourth-order valence-electron chi connectivity index (χ4n) is 2.05. The first-order valence-electron chi connectivity index (χ1n) is 5.14. The number of nitrogens with two attached hydrogens (primary N) is 1. The highest BCUT2D eigenvalue weighted by Crippen LogP contribution is 2.35. The molecule has 76 valence electrons. The standard InChI is InChI=1S/C11H16N2O/c1-2-8-7-14-10-4-3-5-13-11(10)9(8)6-12/h3-5,8-9H,2,6-7,12H2,1H3/t8-,9+/m0/s1. The second kappa shape index (κ2) is 3.96. The fraction of sp³-hybridized carbons (Fsp3) is 0.545. The van der Waals surface area contributed by atoms with Crippen molar-refractivity contribution in [2.24, 2.45) is 11.7 Å². The largest absolute Gasteiger partial charge is 0.491 e. The third-order valence-corrected chi connectivity index (χ3v) is 2.95. The average Bonchev–Trinajstić information content (AvgIpc) is 2.27. The quantitative estimate of drug-likeness (QED) is 0.773. The number of rotatable bonds is 2. The van der Waals surface area contributed by atoms with Gasteiger partial charge in [0.25, 0.3) is 0 Å². The number of ether oxygens (including phenoxy) is 1. The molecule has 1 aromatic heterocycles. The lowest BCUT2D eigenvalue weighted by molar-refractivity contribution is 0.187. The molecule has 1 aliphatic rings. The van der Waals surface area contributed by atoms with Crippen LogP contribution in [-0.2, 0) is 0 Å². The van der Waals surface area contributed by atoms with Gasteiger partial charge in [0.05, 0.1) is 12.3 Å². The summed E-state index contributed by atoms with van der Waals surface area (Å²) in [6, 6.07) is 3.87. The smallest absolute Gasteiger partial charge is 0.141 e. The van der Waals surface area contributed by atoms with Crippen LogP contribution in [0.1, 0.15) is 25.0 Å². The molecule has 0 radical (unpaired) electrons. The number of hydrogen-bond acceptors (Lipinski definition) is 3. The molecule has 3 nitrogen and oxygen atoms in total. The van der Waals surface area contributed by atoms with Crippen LogP contribution in [0.25, 0.3) is 0 Å². The lowest BCUT2D eigenvalue weighted by Crippen LogP contribution is -2.31. The summed E-state index contributed by atoms with van der Waals surface area (Å²) in [6.07, 6.45) is 2.90. The Labute approximate surface area is 84.3 Å². The molecule has 0 bridgehead atoms. The lowest BCUT2D eigenvalue weighted by Gasteiger charge is -2.31. The predicted octanol–water partition coefficient (Wildman–Crippen LogP) is 1.54. The van der Waals surface area contributed by atoms with E-state index in [9.17, 15) is 0 Å². The number of fused-ring (bicyclic) bond motifs is 1. The monoisotopic (exact) mass is 192 g/mol. The topological polar surface area (TPSA) is 48.1 Å². The molecule has 0 fully saturated rings. The Kier molecular flexibility index (Phi) is 2.68. The van der Waals surface area contributed by atoms with Gasteiger partial charge in [0, 0.05) is 24.6 Å². The Morgan fingerprint density at radius 1 is 1.64 bits per heavy atom. The minimum Gasteiger partial charge on any atom is -0.491 e. The maximum atomic E-state index is 5.79. The van der Waals surface area contributed by atoms with E-state index in [1.807, 2.05) is 18.3 Å². The van der Waals surface area contributed by atoms with Crippen molar-refractivity contribution in [1.29, 1.82) is 0 Å². The van der Waals surface area contributed by atoms with Crippen LogP contribution in [0.4, 0.5) is 0 Å². The second-order valence-electron chi connectivity index (χ2n) is 3.71. The first-order chi connectivity index (χ1) is 6.86. The van der Waals surface area contributed by atoms with Crippen molar-refractivity contribution in [2.45, 2.75) is 19.3 Å². The summed E-state index contributed by atoms with van der Waals surface area (Å²) >= 11 is 0. The van der Waals surface area contributed by atoms with Crippen LogP contribution in [0.15, 0.2) is 18.3 Å². The maximum absolute atomic E-state index is 5.79. The number of nitrogens with zero attached hydrogens (tertiary/aromatic N) is 1.